The number of fused-ring (bicyclic) bond motifs is 1. The number of benzene rings is 1. The summed E-state index contributed by atoms with van der Waals surface area (Å²) in [6.07, 6.45) is 0.761. The van der Waals surface area contributed by atoms with E-state index in [2.05, 4.69) is 15.3 Å². The molecule has 0 atom stereocenters. The van der Waals surface area contributed by atoms with Crippen molar-refractivity contribution in [3.8, 4) is 11.4 Å². The highest BCUT2D eigenvalue weighted by Crippen LogP contribution is 2.27. The molecule has 1 aliphatic rings. The Kier molecular flexibility index (Phi) is 3.84. The molecule has 110 valence electrons. The SMILES string of the molecule is CCNc1nc(-c2cc(C)cc(F)c2)nc2c1COCC2. The fraction of sp³-hybridized carbons (Fsp3) is 0.375. The Morgan fingerprint density at radius 3 is 2.90 bits per heavy atom. The largest absolute Gasteiger partial charge is 0.376 e. The van der Waals surface area contributed by atoms with Gasteiger partial charge in [0.1, 0.15) is 11.6 Å². The number of hydrogen-bond acceptors (Lipinski definition) is 4. The number of halogens is 1. The fourth-order valence-corrected chi connectivity index (χ4v) is 2.54. The fourth-order valence-electron chi connectivity index (χ4n) is 2.54. The maximum Gasteiger partial charge on any atom is 0.161 e. The van der Waals surface area contributed by atoms with E-state index in [1.807, 2.05) is 19.9 Å². The Morgan fingerprint density at radius 1 is 1.29 bits per heavy atom. The molecule has 1 aromatic heterocycles. The number of nitrogens with one attached hydrogen (secondary N) is 1. The Bertz CT molecular complexity index is 653. The molecule has 1 aliphatic heterocycles. The van der Waals surface area contributed by atoms with Crippen LogP contribution in [0.4, 0.5) is 10.2 Å². The van der Waals surface area contributed by atoms with Gasteiger partial charge < -0.3 is 10.1 Å². The summed E-state index contributed by atoms with van der Waals surface area (Å²) in [5.74, 6) is 1.09. The van der Waals surface area contributed by atoms with Crippen LogP contribution in [-0.4, -0.2) is 23.1 Å². The Hall–Kier alpha value is -2.01. The zero-order valence-electron chi connectivity index (χ0n) is 12.2. The van der Waals surface area contributed by atoms with Crippen molar-refractivity contribution in [2.24, 2.45) is 0 Å². The number of nitrogens with zero attached hydrogens (tertiary/aromatic N) is 2. The zero-order chi connectivity index (χ0) is 14.8. The van der Waals surface area contributed by atoms with Gasteiger partial charge in [0.05, 0.1) is 18.9 Å². The summed E-state index contributed by atoms with van der Waals surface area (Å²) in [6.45, 7) is 5.84. The molecule has 0 aliphatic carbocycles. The van der Waals surface area contributed by atoms with Crippen LogP contribution in [-0.2, 0) is 17.8 Å². The van der Waals surface area contributed by atoms with Crippen molar-refractivity contribution in [3.05, 3.63) is 40.8 Å². The summed E-state index contributed by atoms with van der Waals surface area (Å²) in [5, 5.41) is 3.25. The standard InChI is InChI=1S/C16H18FN3O/c1-3-18-16-13-9-21-5-4-14(13)19-15(20-16)11-6-10(2)7-12(17)8-11/h6-8H,3-5,9H2,1-2H3,(H,18,19,20). The van der Waals surface area contributed by atoms with Crippen molar-refractivity contribution in [1.29, 1.82) is 0 Å². The molecule has 3 rings (SSSR count). The van der Waals surface area contributed by atoms with Crippen molar-refractivity contribution in [2.45, 2.75) is 26.9 Å². The van der Waals surface area contributed by atoms with E-state index in [1.165, 1.54) is 12.1 Å². The Balaban J connectivity index is 2.12. The average molecular weight is 287 g/mol. The van der Waals surface area contributed by atoms with Crippen LogP contribution in [0.5, 0.6) is 0 Å². The number of aryl methyl sites for hydroxylation is 1. The van der Waals surface area contributed by atoms with Gasteiger partial charge in [0.25, 0.3) is 0 Å². The molecule has 4 nitrogen and oxygen atoms in total. The minimum atomic E-state index is -0.264. The molecule has 0 spiro atoms. The van der Waals surface area contributed by atoms with E-state index in [-0.39, 0.29) is 5.82 Å². The molecule has 21 heavy (non-hydrogen) atoms. The molecule has 2 aromatic rings. The molecule has 0 fully saturated rings. The Labute approximate surface area is 123 Å². The third kappa shape index (κ3) is 2.88. The molecule has 0 unspecified atom stereocenters. The van der Waals surface area contributed by atoms with Crippen LogP contribution >= 0.6 is 0 Å². The van der Waals surface area contributed by atoms with Crippen LogP contribution in [0.25, 0.3) is 11.4 Å². The Morgan fingerprint density at radius 2 is 2.14 bits per heavy atom. The van der Waals surface area contributed by atoms with Gasteiger partial charge in [0.15, 0.2) is 5.82 Å². The van der Waals surface area contributed by atoms with Crippen molar-refractivity contribution in [1.82, 2.24) is 9.97 Å². The third-order valence-electron chi connectivity index (χ3n) is 3.47. The maximum atomic E-state index is 13.6. The first-order chi connectivity index (χ1) is 10.2. The van der Waals surface area contributed by atoms with Gasteiger partial charge in [-0.2, -0.15) is 0 Å². The van der Waals surface area contributed by atoms with Gasteiger partial charge in [-0.1, -0.05) is 0 Å². The highest BCUT2D eigenvalue weighted by Gasteiger charge is 2.18. The predicted molar refractivity (Wildman–Crippen MR) is 79.7 cm³/mol. The van der Waals surface area contributed by atoms with Gasteiger partial charge in [-0.05, 0) is 37.6 Å². The molecule has 2 heterocycles. The van der Waals surface area contributed by atoms with Crippen LogP contribution in [0.1, 0.15) is 23.7 Å². The van der Waals surface area contributed by atoms with Crippen LogP contribution < -0.4 is 5.32 Å². The minimum Gasteiger partial charge on any atom is -0.376 e. The van der Waals surface area contributed by atoms with Crippen molar-refractivity contribution < 1.29 is 9.13 Å². The molecular formula is C16H18FN3O. The summed E-state index contributed by atoms with van der Waals surface area (Å²) in [4.78, 5) is 9.17. The van der Waals surface area contributed by atoms with Crippen LogP contribution in [0.2, 0.25) is 0 Å². The molecule has 0 radical (unpaired) electrons. The summed E-state index contributed by atoms with van der Waals surface area (Å²) >= 11 is 0. The lowest BCUT2D eigenvalue weighted by Crippen LogP contribution is -2.17. The van der Waals surface area contributed by atoms with E-state index < -0.39 is 0 Å². The van der Waals surface area contributed by atoms with Crippen molar-refractivity contribution in [2.75, 3.05) is 18.5 Å². The first-order valence-corrected chi connectivity index (χ1v) is 7.16. The first-order valence-electron chi connectivity index (χ1n) is 7.16. The molecule has 0 saturated carbocycles. The highest BCUT2D eigenvalue weighted by molar-refractivity contribution is 5.61. The lowest BCUT2D eigenvalue weighted by molar-refractivity contribution is 0.109. The number of ether oxygens (including phenoxy) is 1. The summed E-state index contributed by atoms with van der Waals surface area (Å²) in [5.41, 5.74) is 3.57. The monoisotopic (exact) mass is 287 g/mol. The lowest BCUT2D eigenvalue weighted by atomic mass is 10.1. The summed E-state index contributed by atoms with van der Waals surface area (Å²) in [6, 6.07) is 4.88. The molecule has 0 bridgehead atoms. The topological polar surface area (TPSA) is 47.0 Å². The molecule has 1 aromatic carbocycles. The van der Waals surface area contributed by atoms with E-state index in [4.69, 9.17) is 4.74 Å². The predicted octanol–water partition coefficient (Wildman–Crippen LogP) is 3.10. The molecule has 1 N–H and O–H groups in total. The first kappa shape index (κ1) is 13.9. The minimum absolute atomic E-state index is 0.264. The molecule has 5 heteroatoms. The van der Waals surface area contributed by atoms with Crippen molar-refractivity contribution in [3.63, 3.8) is 0 Å². The number of rotatable bonds is 3. The van der Waals surface area contributed by atoms with E-state index in [0.29, 0.717) is 24.6 Å². The lowest BCUT2D eigenvalue weighted by Gasteiger charge is -2.20. The van der Waals surface area contributed by atoms with E-state index in [9.17, 15) is 4.39 Å². The highest BCUT2D eigenvalue weighted by atomic mass is 19.1. The second-order valence-corrected chi connectivity index (χ2v) is 5.17. The number of hydrogen-bond donors (Lipinski definition) is 1. The van der Waals surface area contributed by atoms with Crippen LogP contribution in [0.3, 0.4) is 0 Å². The third-order valence-corrected chi connectivity index (χ3v) is 3.47. The average Bonchev–Trinajstić information content (AvgIpc) is 2.46. The number of aromatic nitrogens is 2. The van der Waals surface area contributed by atoms with E-state index in [1.54, 1.807) is 0 Å². The molecule has 0 amide bonds. The summed E-state index contributed by atoms with van der Waals surface area (Å²) in [7, 11) is 0. The van der Waals surface area contributed by atoms with E-state index in [0.717, 1.165) is 35.6 Å². The second-order valence-electron chi connectivity index (χ2n) is 5.17. The van der Waals surface area contributed by atoms with Gasteiger partial charge in [-0.25, -0.2) is 14.4 Å². The number of anilines is 1. The van der Waals surface area contributed by atoms with Gasteiger partial charge in [0, 0.05) is 24.1 Å². The van der Waals surface area contributed by atoms with Crippen molar-refractivity contribution >= 4 is 5.82 Å². The van der Waals surface area contributed by atoms with Crippen LogP contribution in [0.15, 0.2) is 18.2 Å². The van der Waals surface area contributed by atoms with Crippen LogP contribution in [0, 0.1) is 12.7 Å². The van der Waals surface area contributed by atoms with Gasteiger partial charge in [0.2, 0.25) is 0 Å². The van der Waals surface area contributed by atoms with Gasteiger partial charge in [-0.3, -0.25) is 0 Å². The van der Waals surface area contributed by atoms with Gasteiger partial charge >= 0.3 is 0 Å². The quantitative estimate of drug-likeness (QED) is 0.942. The second kappa shape index (κ2) is 5.77. The molecule has 0 saturated heterocycles. The normalized spacial score (nSPS) is 13.9. The van der Waals surface area contributed by atoms with Gasteiger partial charge in [-0.15, -0.1) is 0 Å². The van der Waals surface area contributed by atoms with E-state index >= 15 is 0 Å². The summed E-state index contributed by atoms with van der Waals surface area (Å²) < 4.78 is 19.1. The maximum absolute atomic E-state index is 13.6. The zero-order valence-corrected chi connectivity index (χ0v) is 12.2. The smallest absolute Gasteiger partial charge is 0.161 e. The molecular weight excluding hydrogens is 269 g/mol.